The van der Waals surface area contributed by atoms with E-state index in [0.717, 1.165) is 0 Å². The number of phenols is 1. The predicted octanol–water partition coefficient (Wildman–Crippen LogP) is 0.111. The van der Waals surface area contributed by atoms with E-state index < -0.39 is 5.91 Å². The first kappa shape index (κ1) is 11.0. The van der Waals surface area contributed by atoms with Crippen LogP contribution in [0.15, 0.2) is 18.2 Å². The number of rotatable bonds is 2. The maximum atomic E-state index is 11.3. The molecule has 0 fully saturated rings. The van der Waals surface area contributed by atoms with Crippen LogP contribution in [0.3, 0.4) is 0 Å². The molecule has 0 saturated heterocycles. The lowest BCUT2D eigenvalue weighted by Gasteiger charge is -2.05. The third-order valence-electron chi connectivity index (χ3n) is 1.96. The van der Waals surface area contributed by atoms with E-state index in [0.29, 0.717) is 5.56 Å². The molecule has 0 radical (unpaired) electrons. The molecular weight excluding hydrogens is 196 g/mol. The molecule has 0 aliphatic heterocycles. The topological polar surface area (TPSA) is 78.4 Å². The summed E-state index contributed by atoms with van der Waals surface area (Å²) in [7, 11) is 2.95. The molecule has 1 rings (SSSR count). The fourth-order valence-electron chi connectivity index (χ4n) is 1.14. The lowest BCUT2D eigenvalue weighted by Crippen LogP contribution is -2.21. The zero-order chi connectivity index (χ0) is 11.4. The monoisotopic (exact) mass is 208 g/mol. The van der Waals surface area contributed by atoms with Gasteiger partial charge < -0.3 is 15.7 Å². The zero-order valence-corrected chi connectivity index (χ0v) is 8.50. The number of hydrogen-bond donors (Lipinski definition) is 3. The summed E-state index contributed by atoms with van der Waals surface area (Å²) in [5, 5.41) is 14.2. The summed E-state index contributed by atoms with van der Waals surface area (Å²) in [4.78, 5) is 22.6. The van der Waals surface area contributed by atoms with Gasteiger partial charge in [-0.2, -0.15) is 0 Å². The van der Waals surface area contributed by atoms with Crippen LogP contribution < -0.4 is 10.6 Å². The fourth-order valence-corrected chi connectivity index (χ4v) is 1.14. The second-order valence-corrected chi connectivity index (χ2v) is 2.89. The van der Waals surface area contributed by atoms with Gasteiger partial charge in [-0.25, -0.2) is 0 Å². The molecule has 2 amide bonds. The highest BCUT2D eigenvalue weighted by atomic mass is 16.3. The maximum Gasteiger partial charge on any atom is 0.254 e. The van der Waals surface area contributed by atoms with E-state index in [1.165, 1.54) is 32.3 Å². The van der Waals surface area contributed by atoms with Crippen molar-refractivity contribution in [1.82, 2.24) is 10.6 Å². The number of nitrogens with one attached hydrogen (secondary N) is 2. The summed E-state index contributed by atoms with van der Waals surface area (Å²) in [5.41, 5.74) is 0.410. The Morgan fingerprint density at radius 2 is 1.73 bits per heavy atom. The number of amides is 2. The van der Waals surface area contributed by atoms with Crippen molar-refractivity contribution in [3.05, 3.63) is 29.3 Å². The largest absolute Gasteiger partial charge is 0.507 e. The van der Waals surface area contributed by atoms with Crippen molar-refractivity contribution in [2.45, 2.75) is 0 Å². The molecule has 5 nitrogen and oxygen atoms in total. The van der Waals surface area contributed by atoms with Gasteiger partial charge in [0.1, 0.15) is 5.75 Å². The van der Waals surface area contributed by atoms with E-state index in [1.807, 2.05) is 0 Å². The first-order valence-electron chi connectivity index (χ1n) is 4.37. The molecule has 0 heterocycles. The normalized spacial score (nSPS) is 9.47. The van der Waals surface area contributed by atoms with E-state index in [1.54, 1.807) is 0 Å². The molecule has 0 aliphatic carbocycles. The van der Waals surface area contributed by atoms with E-state index in [-0.39, 0.29) is 17.2 Å². The van der Waals surface area contributed by atoms with Gasteiger partial charge in [-0.05, 0) is 18.2 Å². The molecule has 0 saturated carbocycles. The average molecular weight is 208 g/mol. The molecule has 1 aromatic rings. The van der Waals surface area contributed by atoms with Gasteiger partial charge in [0, 0.05) is 19.7 Å². The van der Waals surface area contributed by atoms with Crippen molar-refractivity contribution < 1.29 is 14.7 Å². The Hall–Kier alpha value is -2.04. The van der Waals surface area contributed by atoms with Crippen LogP contribution in [0, 0.1) is 0 Å². The first-order valence-corrected chi connectivity index (χ1v) is 4.37. The minimum absolute atomic E-state index is 0.0820. The van der Waals surface area contributed by atoms with Gasteiger partial charge in [0.25, 0.3) is 11.8 Å². The summed E-state index contributed by atoms with van der Waals surface area (Å²) in [6.07, 6.45) is 0. The lowest BCUT2D eigenvalue weighted by atomic mass is 10.1. The molecule has 5 heteroatoms. The molecule has 80 valence electrons. The number of hydrogen-bond acceptors (Lipinski definition) is 3. The van der Waals surface area contributed by atoms with Gasteiger partial charge in [0.2, 0.25) is 0 Å². The Kier molecular flexibility index (Phi) is 3.28. The van der Waals surface area contributed by atoms with Gasteiger partial charge in [-0.3, -0.25) is 9.59 Å². The Balaban J connectivity index is 3.16. The van der Waals surface area contributed by atoms with Crippen LogP contribution in [-0.4, -0.2) is 31.0 Å². The Labute approximate surface area is 87.1 Å². The number of aromatic hydroxyl groups is 1. The van der Waals surface area contributed by atoms with E-state index >= 15 is 0 Å². The molecule has 1 aromatic carbocycles. The number of carbonyl (C=O) groups is 2. The minimum Gasteiger partial charge on any atom is -0.507 e. The highest BCUT2D eigenvalue weighted by molar-refractivity contribution is 6.01. The highest BCUT2D eigenvalue weighted by Gasteiger charge is 2.12. The molecule has 3 N–H and O–H groups in total. The summed E-state index contributed by atoms with van der Waals surface area (Å²) in [6.45, 7) is 0. The highest BCUT2D eigenvalue weighted by Crippen LogP contribution is 2.18. The zero-order valence-electron chi connectivity index (χ0n) is 8.50. The molecule has 0 atom stereocenters. The second-order valence-electron chi connectivity index (χ2n) is 2.89. The van der Waals surface area contributed by atoms with Crippen molar-refractivity contribution >= 4 is 11.8 Å². The Bertz CT molecular complexity index is 402. The maximum absolute atomic E-state index is 11.3. The van der Waals surface area contributed by atoms with Crippen molar-refractivity contribution in [3.63, 3.8) is 0 Å². The lowest BCUT2D eigenvalue weighted by molar-refractivity contribution is 0.0960. The predicted molar refractivity (Wildman–Crippen MR) is 54.9 cm³/mol. The first-order chi connectivity index (χ1) is 7.10. The summed E-state index contributed by atoms with van der Waals surface area (Å²) in [5.74, 6) is -0.889. The average Bonchev–Trinajstić information content (AvgIpc) is 2.27. The molecule has 0 spiro atoms. The fraction of sp³-hybridized carbons (Fsp3) is 0.200. The molecule has 15 heavy (non-hydrogen) atoms. The SMILES string of the molecule is CNC(=O)c1ccc(O)c(C(=O)NC)c1. The Morgan fingerprint density at radius 1 is 1.13 bits per heavy atom. The van der Waals surface area contributed by atoms with Crippen LogP contribution in [0.5, 0.6) is 5.75 Å². The van der Waals surface area contributed by atoms with Crippen molar-refractivity contribution in [1.29, 1.82) is 0 Å². The molecule has 0 unspecified atom stereocenters. The second kappa shape index (κ2) is 4.45. The van der Waals surface area contributed by atoms with Gasteiger partial charge >= 0.3 is 0 Å². The van der Waals surface area contributed by atoms with Crippen molar-refractivity contribution in [2.24, 2.45) is 0 Å². The molecule has 0 aromatic heterocycles. The van der Waals surface area contributed by atoms with Crippen molar-refractivity contribution in [2.75, 3.05) is 14.1 Å². The van der Waals surface area contributed by atoms with Gasteiger partial charge in [-0.15, -0.1) is 0 Å². The van der Waals surface area contributed by atoms with Crippen LogP contribution >= 0.6 is 0 Å². The van der Waals surface area contributed by atoms with Crippen LogP contribution in [0.1, 0.15) is 20.7 Å². The van der Waals surface area contributed by atoms with Gasteiger partial charge in [0.05, 0.1) is 5.56 Å². The molecule has 0 bridgehead atoms. The van der Waals surface area contributed by atoms with E-state index in [9.17, 15) is 14.7 Å². The van der Waals surface area contributed by atoms with Crippen LogP contribution in [-0.2, 0) is 0 Å². The van der Waals surface area contributed by atoms with Crippen molar-refractivity contribution in [3.8, 4) is 5.75 Å². The summed E-state index contributed by atoms with van der Waals surface area (Å²) in [6, 6.07) is 4.10. The van der Waals surface area contributed by atoms with Gasteiger partial charge in [-0.1, -0.05) is 0 Å². The standard InChI is InChI=1S/C10H12N2O3/c1-11-9(14)6-3-4-8(13)7(5-6)10(15)12-2/h3-5,13H,1-2H3,(H,11,14)(H,12,15). The minimum atomic E-state index is -0.432. The van der Waals surface area contributed by atoms with Gasteiger partial charge in [0.15, 0.2) is 0 Å². The number of benzene rings is 1. The number of carbonyl (C=O) groups excluding carboxylic acids is 2. The quantitative estimate of drug-likeness (QED) is 0.645. The van der Waals surface area contributed by atoms with Crippen LogP contribution in [0.25, 0.3) is 0 Å². The van der Waals surface area contributed by atoms with Crippen LogP contribution in [0.2, 0.25) is 0 Å². The van der Waals surface area contributed by atoms with Crippen LogP contribution in [0.4, 0.5) is 0 Å². The molecular formula is C10H12N2O3. The number of phenolic OH excluding ortho intramolecular Hbond substituents is 1. The molecule has 0 aliphatic rings. The smallest absolute Gasteiger partial charge is 0.254 e. The third-order valence-corrected chi connectivity index (χ3v) is 1.96. The Morgan fingerprint density at radius 3 is 2.27 bits per heavy atom. The van der Waals surface area contributed by atoms with E-state index in [2.05, 4.69) is 10.6 Å². The summed E-state index contributed by atoms with van der Waals surface area (Å²) >= 11 is 0. The van der Waals surface area contributed by atoms with E-state index in [4.69, 9.17) is 0 Å². The summed E-state index contributed by atoms with van der Waals surface area (Å²) < 4.78 is 0. The third kappa shape index (κ3) is 2.25.